The van der Waals surface area contributed by atoms with Crippen molar-refractivity contribution < 1.29 is 9.53 Å². The maximum absolute atomic E-state index is 11.8. The van der Waals surface area contributed by atoms with E-state index in [1.807, 2.05) is 6.26 Å². The van der Waals surface area contributed by atoms with Gasteiger partial charge in [0, 0.05) is 17.9 Å². The summed E-state index contributed by atoms with van der Waals surface area (Å²) < 4.78 is 5.20. The van der Waals surface area contributed by atoms with Crippen molar-refractivity contribution in [2.24, 2.45) is 5.73 Å². The fourth-order valence-corrected chi connectivity index (χ4v) is 1.52. The Morgan fingerprint density at radius 2 is 2.33 bits per heavy atom. The number of ether oxygens (including phenoxy) is 1. The minimum absolute atomic E-state index is 0.0471. The molecule has 0 aliphatic carbocycles. The van der Waals surface area contributed by atoms with Crippen LogP contribution in [0, 0.1) is 0 Å². The van der Waals surface area contributed by atoms with Crippen molar-refractivity contribution >= 4 is 17.7 Å². The zero-order chi connectivity index (χ0) is 11.5. The van der Waals surface area contributed by atoms with E-state index >= 15 is 0 Å². The Balaban J connectivity index is 2.42. The third-order valence-electron chi connectivity index (χ3n) is 2.73. The number of thioether (sulfide) groups is 1. The van der Waals surface area contributed by atoms with Gasteiger partial charge < -0.3 is 15.8 Å². The van der Waals surface area contributed by atoms with Crippen LogP contribution in [0.4, 0.5) is 0 Å². The average molecular weight is 232 g/mol. The van der Waals surface area contributed by atoms with Crippen molar-refractivity contribution in [3.05, 3.63) is 0 Å². The van der Waals surface area contributed by atoms with Gasteiger partial charge in [0.15, 0.2) is 0 Å². The lowest BCUT2D eigenvalue weighted by molar-refractivity contribution is -0.126. The third-order valence-corrected chi connectivity index (χ3v) is 3.98. The monoisotopic (exact) mass is 232 g/mol. The van der Waals surface area contributed by atoms with E-state index in [1.54, 1.807) is 11.8 Å². The number of rotatable bonds is 4. The fourth-order valence-electron chi connectivity index (χ4n) is 1.30. The molecule has 1 heterocycles. The smallest absolute Gasteiger partial charge is 0.242 e. The lowest BCUT2D eigenvalue weighted by atomic mass is 9.99. The van der Waals surface area contributed by atoms with Gasteiger partial charge >= 0.3 is 0 Å². The third kappa shape index (κ3) is 3.36. The molecule has 0 aromatic carbocycles. The van der Waals surface area contributed by atoms with Gasteiger partial charge in [-0.05, 0) is 26.5 Å². The molecule has 4 nitrogen and oxygen atoms in total. The lowest BCUT2D eigenvalue weighted by Crippen LogP contribution is -2.56. The minimum Gasteiger partial charge on any atom is -0.379 e. The summed E-state index contributed by atoms with van der Waals surface area (Å²) in [5.41, 5.74) is 5.12. The lowest BCUT2D eigenvalue weighted by Gasteiger charge is -2.26. The molecule has 1 rings (SSSR count). The van der Waals surface area contributed by atoms with Gasteiger partial charge in [0.25, 0.3) is 0 Å². The molecule has 1 amide bonds. The Labute approximate surface area is 95.3 Å². The second kappa shape index (κ2) is 4.72. The summed E-state index contributed by atoms with van der Waals surface area (Å²) in [6.07, 6.45) is 2.64. The van der Waals surface area contributed by atoms with E-state index in [0.717, 1.165) is 0 Å². The molecule has 1 atom stereocenters. The van der Waals surface area contributed by atoms with Gasteiger partial charge in [0.2, 0.25) is 5.91 Å². The average Bonchev–Trinajstić information content (AvgIpc) is 2.63. The summed E-state index contributed by atoms with van der Waals surface area (Å²) in [5.74, 6) is -0.0953. The molecule has 0 aromatic heterocycles. The zero-order valence-electron chi connectivity index (χ0n) is 9.63. The number of carbonyl (C=O) groups is 1. The Morgan fingerprint density at radius 3 is 2.80 bits per heavy atom. The van der Waals surface area contributed by atoms with E-state index in [1.165, 1.54) is 0 Å². The number of amides is 1. The molecule has 15 heavy (non-hydrogen) atoms. The summed E-state index contributed by atoms with van der Waals surface area (Å²) in [7, 11) is 0. The Kier molecular flexibility index (Phi) is 4.03. The highest BCUT2D eigenvalue weighted by molar-refractivity contribution is 7.99. The van der Waals surface area contributed by atoms with E-state index in [4.69, 9.17) is 10.5 Å². The van der Waals surface area contributed by atoms with Gasteiger partial charge in [-0.15, -0.1) is 0 Å². The second-order valence-corrected chi connectivity index (χ2v) is 6.12. The first-order valence-electron chi connectivity index (χ1n) is 5.10. The van der Waals surface area contributed by atoms with E-state index in [2.05, 4.69) is 19.2 Å². The first kappa shape index (κ1) is 12.8. The van der Waals surface area contributed by atoms with Crippen molar-refractivity contribution in [1.29, 1.82) is 0 Å². The fraction of sp³-hybridized carbons (Fsp3) is 0.900. The van der Waals surface area contributed by atoms with Gasteiger partial charge in [0.1, 0.15) is 5.54 Å². The zero-order valence-corrected chi connectivity index (χ0v) is 10.4. The van der Waals surface area contributed by atoms with Crippen LogP contribution in [0.1, 0.15) is 20.3 Å². The maximum Gasteiger partial charge on any atom is 0.242 e. The molecular weight excluding hydrogens is 212 g/mol. The SMILES string of the molecule is CSC(C)(C)CNC(=O)C1(N)CCOC1. The Hall–Kier alpha value is -0.260. The Bertz CT molecular complexity index is 238. The minimum atomic E-state index is -0.811. The van der Waals surface area contributed by atoms with Crippen molar-refractivity contribution in [1.82, 2.24) is 5.32 Å². The maximum atomic E-state index is 11.8. The van der Waals surface area contributed by atoms with Gasteiger partial charge in [-0.1, -0.05) is 0 Å². The Morgan fingerprint density at radius 1 is 1.67 bits per heavy atom. The molecule has 1 saturated heterocycles. The van der Waals surface area contributed by atoms with Gasteiger partial charge in [-0.25, -0.2) is 0 Å². The molecule has 0 saturated carbocycles. The van der Waals surface area contributed by atoms with Crippen LogP contribution in [0.25, 0.3) is 0 Å². The normalized spacial score (nSPS) is 26.7. The summed E-state index contributed by atoms with van der Waals surface area (Å²) >= 11 is 1.72. The number of carbonyl (C=O) groups excluding carboxylic acids is 1. The molecule has 3 N–H and O–H groups in total. The standard InChI is InChI=1S/C10H20N2O2S/c1-9(2,15-3)6-12-8(13)10(11)4-5-14-7-10/h4-7,11H2,1-3H3,(H,12,13). The largest absolute Gasteiger partial charge is 0.379 e. The number of hydrogen-bond acceptors (Lipinski definition) is 4. The molecule has 5 heteroatoms. The topological polar surface area (TPSA) is 64.4 Å². The van der Waals surface area contributed by atoms with Crippen molar-refractivity contribution in [3.63, 3.8) is 0 Å². The molecule has 88 valence electrons. The molecule has 1 fully saturated rings. The number of nitrogens with two attached hydrogens (primary N) is 1. The summed E-state index contributed by atoms with van der Waals surface area (Å²) in [6, 6.07) is 0. The van der Waals surface area contributed by atoms with Crippen LogP contribution in [-0.2, 0) is 9.53 Å². The molecule has 1 aliphatic heterocycles. The number of nitrogens with one attached hydrogen (secondary N) is 1. The van der Waals surface area contributed by atoms with Gasteiger partial charge in [-0.2, -0.15) is 11.8 Å². The van der Waals surface area contributed by atoms with Crippen LogP contribution in [0.2, 0.25) is 0 Å². The molecular formula is C10H20N2O2S. The van der Waals surface area contributed by atoms with Crippen LogP contribution in [0.5, 0.6) is 0 Å². The summed E-state index contributed by atoms with van der Waals surface area (Å²) in [5, 5.41) is 2.89. The molecule has 0 aromatic rings. The van der Waals surface area contributed by atoms with Crippen LogP contribution in [-0.4, -0.2) is 42.2 Å². The van der Waals surface area contributed by atoms with Crippen molar-refractivity contribution in [2.45, 2.75) is 30.6 Å². The van der Waals surface area contributed by atoms with E-state index in [9.17, 15) is 4.79 Å². The molecule has 0 radical (unpaired) electrons. The molecule has 1 unspecified atom stereocenters. The van der Waals surface area contributed by atoms with Crippen LogP contribution < -0.4 is 11.1 Å². The first-order valence-corrected chi connectivity index (χ1v) is 6.32. The highest BCUT2D eigenvalue weighted by Gasteiger charge is 2.38. The summed E-state index contributed by atoms with van der Waals surface area (Å²) in [6.45, 7) is 5.72. The predicted molar refractivity (Wildman–Crippen MR) is 63.0 cm³/mol. The highest BCUT2D eigenvalue weighted by Crippen LogP contribution is 2.21. The van der Waals surface area contributed by atoms with E-state index in [0.29, 0.717) is 26.2 Å². The number of hydrogen-bond donors (Lipinski definition) is 2. The molecule has 0 bridgehead atoms. The first-order chi connectivity index (χ1) is 6.90. The molecule has 1 aliphatic rings. The van der Waals surface area contributed by atoms with E-state index in [-0.39, 0.29) is 10.7 Å². The quantitative estimate of drug-likeness (QED) is 0.734. The van der Waals surface area contributed by atoms with Crippen LogP contribution in [0.15, 0.2) is 0 Å². The van der Waals surface area contributed by atoms with Gasteiger partial charge in [0.05, 0.1) is 6.61 Å². The molecule has 0 spiro atoms. The van der Waals surface area contributed by atoms with Crippen molar-refractivity contribution in [3.8, 4) is 0 Å². The van der Waals surface area contributed by atoms with E-state index < -0.39 is 5.54 Å². The van der Waals surface area contributed by atoms with Crippen molar-refractivity contribution in [2.75, 3.05) is 26.0 Å². The predicted octanol–water partition coefficient (Wildman–Crippen LogP) is 0.362. The van der Waals surface area contributed by atoms with Crippen LogP contribution >= 0.6 is 11.8 Å². The second-order valence-electron chi connectivity index (χ2n) is 4.61. The summed E-state index contributed by atoms with van der Waals surface area (Å²) in [4.78, 5) is 11.8. The highest BCUT2D eigenvalue weighted by atomic mass is 32.2. The van der Waals surface area contributed by atoms with Crippen LogP contribution in [0.3, 0.4) is 0 Å². The van der Waals surface area contributed by atoms with Gasteiger partial charge in [-0.3, -0.25) is 4.79 Å².